The monoisotopic (exact) mass is 309 g/mol. The third kappa shape index (κ3) is 5.85. The van der Waals surface area contributed by atoms with E-state index < -0.39 is 6.09 Å². The van der Waals surface area contributed by atoms with Crippen molar-refractivity contribution >= 4 is 6.09 Å². The highest BCUT2D eigenvalue weighted by atomic mass is 16.5. The van der Waals surface area contributed by atoms with Crippen LogP contribution < -0.4 is 5.32 Å². The fourth-order valence-corrected chi connectivity index (χ4v) is 1.94. The van der Waals surface area contributed by atoms with Crippen molar-refractivity contribution in [3.05, 3.63) is 71.3 Å². The standard InChI is InChI=1S/C19H19NO3/c21-14-18-12-5-4-10-17(18)11-6-7-13-20-19(22)23-15-16-8-2-1-3-9-16/h1-5,8-10,12,21H,7,13-15H2,(H,20,22). The van der Waals surface area contributed by atoms with Crippen LogP contribution in [0.4, 0.5) is 4.79 Å². The highest BCUT2D eigenvalue weighted by molar-refractivity contribution is 5.67. The van der Waals surface area contributed by atoms with Crippen molar-refractivity contribution < 1.29 is 14.6 Å². The molecule has 118 valence electrons. The van der Waals surface area contributed by atoms with Crippen molar-refractivity contribution in [2.45, 2.75) is 19.6 Å². The van der Waals surface area contributed by atoms with Crippen molar-refractivity contribution in [3.8, 4) is 11.8 Å². The number of nitrogens with one attached hydrogen (secondary N) is 1. The lowest BCUT2D eigenvalue weighted by molar-refractivity contribution is 0.140. The zero-order valence-electron chi connectivity index (χ0n) is 12.8. The number of carbonyl (C=O) groups excluding carboxylic acids is 1. The molecule has 0 aliphatic carbocycles. The molecule has 0 fully saturated rings. The molecular formula is C19H19NO3. The molecule has 0 aliphatic heterocycles. The fraction of sp³-hybridized carbons (Fsp3) is 0.211. The van der Waals surface area contributed by atoms with Crippen LogP contribution in [0.25, 0.3) is 0 Å². The first-order chi connectivity index (χ1) is 11.3. The first-order valence-electron chi connectivity index (χ1n) is 7.42. The van der Waals surface area contributed by atoms with Crippen LogP contribution in [0.2, 0.25) is 0 Å². The van der Waals surface area contributed by atoms with Gasteiger partial charge in [-0.25, -0.2) is 4.79 Å². The molecule has 2 rings (SSSR count). The van der Waals surface area contributed by atoms with Gasteiger partial charge in [0.15, 0.2) is 0 Å². The third-order valence-corrected chi connectivity index (χ3v) is 3.14. The number of hydrogen-bond donors (Lipinski definition) is 2. The van der Waals surface area contributed by atoms with E-state index in [1.807, 2.05) is 54.6 Å². The van der Waals surface area contributed by atoms with Gasteiger partial charge in [0.2, 0.25) is 0 Å². The lowest BCUT2D eigenvalue weighted by atomic mass is 10.1. The summed E-state index contributed by atoms with van der Waals surface area (Å²) in [5, 5.41) is 11.9. The summed E-state index contributed by atoms with van der Waals surface area (Å²) in [6, 6.07) is 16.9. The van der Waals surface area contributed by atoms with Gasteiger partial charge in [-0.2, -0.15) is 0 Å². The zero-order valence-corrected chi connectivity index (χ0v) is 12.8. The Kier molecular flexibility index (Phi) is 6.70. The molecule has 0 saturated heterocycles. The summed E-state index contributed by atoms with van der Waals surface area (Å²) in [5.41, 5.74) is 2.56. The maximum Gasteiger partial charge on any atom is 0.407 e. The third-order valence-electron chi connectivity index (χ3n) is 3.14. The number of aliphatic hydroxyl groups is 1. The van der Waals surface area contributed by atoms with Crippen molar-refractivity contribution in [2.24, 2.45) is 0 Å². The molecule has 0 aromatic heterocycles. The molecule has 23 heavy (non-hydrogen) atoms. The van der Waals surface area contributed by atoms with Crippen LogP contribution in [-0.2, 0) is 18.0 Å². The minimum absolute atomic E-state index is 0.0328. The van der Waals surface area contributed by atoms with Gasteiger partial charge < -0.3 is 15.2 Å². The molecular weight excluding hydrogens is 290 g/mol. The maximum atomic E-state index is 11.5. The minimum Gasteiger partial charge on any atom is -0.445 e. The molecule has 0 spiro atoms. The summed E-state index contributed by atoms with van der Waals surface area (Å²) < 4.78 is 5.10. The molecule has 0 aliphatic rings. The first-order valence-corrected chi connectivity index (χ1v) is 7.42. The van der Waals surface area contributed by atoms with Crippen molar-refractivity contribution in [1.82, 2.24) is 5.32 Å². The van der Waals surface area contributed by atoms with Crippen molar-refractivity contribution in [1.29, 1.82) is 0 Å². The van der Waals surface area contributed by atoms with E-state index in [2.05, 4.69) is 17.2 Å². The normalized spacial score (nSPS) is 9.61. The fourth-order valence-electron chi connectivity index (χ4n) is 1.94. The van der Waals surface area contributed by atoms with Crippen LogP contribution in [0.3, 0.4) is 0 Å². The summed E-state index contributed by atoms with van der Waals surface area (Å²) >= 11 is 0. The van der Waals surface area contributed by atoms with Crippen LogP contribution in [0.15, 0.2) is 54.6 Å². The van der Waals surface area contributed by atoms with E-state index in [9.17, 15) is 9.90 Å². The van der Waals surface area contributed by atoms with E-state index in [1.165, 1.54) is 0 Å². The quantitative estimate of drug-likeness (QED) is 0.659. The van der Waals surface area contributed by atoms with Gasteiger partial charge in [0.05, 0.1) is 6.61 Å². The second kappa shape index (κ2) is 9.29. The highest BCUT2D eigenvalue weighted by Gasteiger charge is 2.00. The number of aliphatic hydroxyl groups excluding tert-OH is 1. The Balaban J connectivity index is 1.69. The molecule has 0 bridgehead atoms. The molecule has 2 aromatic carbocycles. The van der Waals surface area contributed by atoms with Crippen LogP contribution in [-0.4, -0.2) is 17.7 Å². The second-order valence-electron chi connectivity index (χ2n) is 4.86. The van der Waals surface area contributed by atoms with E-state index in [-0.39, 0.29) is 13.2 Å². The molecule has 2 N–H and O–H groups in total. The van der Waals surface area contributed by atoms with Crippen LogP contribution >= 0.6 is 0 Å². The molecule has 0 atom stereocenters. The summed E-state index contributed by atoms with van der Waals surface area (Å²) in [6.45, 7) is 0.638. The Labute approximate surface area is 136 Å². The lowest BCUT2D eigenvalue weighted by Crippen LogP contribution is -2.24. The molecule has 0 saturated carbocycles. The van der Waals surface area contributed by atoms with E-state index in [0.717, 1.165) is 16.7 Å². The predicted molar refractivity (Wildman–Crippen MR) is 88.5 cm³/mol. The molecule has 1 amide bonds. The highest BCUT2D eigenvalue weighted by Crippen LogP contribution is 2.06. The molecule has 4 nitrogen and oxygen atoms in total. The second-order valence-corrected chi connectivity index (χ2v) is 4.86. The van der Waals surface area contributed by atoms with Gasteiger partial charge in [-0.05, 0) is 17.2 Å². The Hall–Kier alpha value is -2.77. The molecule has 4 heteroatoms. The molecule has 2 aromatic rings. The van der Waals surface area contributed by atoms with Crippen molar-refractivity contribution in [2.75, 3.05) is 6.54 Å². The summed E-state index contributed by atoms with van der Waals surface area (Å²) in [7, 11) is 0. The van der Waals surface area contributed by atoms with E-state index in [1.54, 1.807) is 0 Å². The lowest BCUT2D eigenvalue weighted by Gasteiger charge is -2.05. The number of hydrogen-bond acceptors (Lipinski definition) is 3. The first kappa shape index (κ1) is 16.6. The van der Waals surface area contributed by atoms with Crippen LogP contribution in [0.1, 0.15) is 23.1 Å². The number of rotatable bonds is 5. The maximum absolute atomic E-state index is 11.5. The van der Waals surface area contributed by atoms with Gasteiger partial charge in [0, 0.05) is 18.5 Å². The van der Waals surface area contributed by atoms with E-state index in [4.69, 9.17) is 4.74 Å². The average molecular weight is 309 g/mol. The largest absolute Gasteiger partial charge is 0.445 e. The summed E-state index contributed by atoms with van der Waals surface area (Å²) in [4.78, 5) is 11.5. The summed E-state index contributed by atoms with van der Waals surface area (Å²) in [6.07, 6.45) is 0.0617. The smallest absolute Gasteiger partial charge is 0.407 e. The van der Waals surface area contributed by atoms with Gasteiger partial charge in [-0.15, -0.1) is 0 Å². The Morgan fingerprint density at radius 1 is 1.09 bits per heavy atom. The number of benzene rings is 2. The average Bonchev–Trinajstić information content (AvgIpc) is 2.61. The number of amides is 1. The molecule has 0 radical (unpaired) electrons. The van der Waals surface area contributed by atoms with Crippen molar-refractivity contribution in [3.63, 3.8) is 0 Å². The molecule has 0 heterocycles. The number of alkyl carbamates (subject to hydrolysis) is 1. The van der Waals surface area contributed by atoms with E-state index in [0.29, 0.717) is 13.0 Å². The summed E-state index contributed by atoms with van der Waals surface area (Å²) in [5.74, 6) is 5.97. The molecule has 0 unspecified atom stereocenters. The van der Waals surface area contributed by atoms with Gasteiger partial charge in [-0.3, -0.25) is 0 Å². The number of ether oxygens (including phenoxy) is 1. The van der Waals surface area contributed by atoms with E-state index >= 15 is 0 Å². The topological polar surface area (TPSA) is 58.6 Å². The zero-order chi connectivity index (χ0) is 16.3. The Bertz CT molecular complexity index is 687. The van der Waals surface area contributed by atoms with Gasteiger partial charge in [0.25, 0.3) is 0 Å². The number of carbonyl (C=O) groups is 1. The Morgan fingerprint density at radius 3 is 2.61 bits per heavy atom. The van der Waals surface area contributed by atoms with Crippen LogP contribution in [0.5, 0.6) is 0 Å². The van der Waals surface area contributed by atoms with Gasteiger partial charge in [0.1, 0.15) is 6.61 Å². The Morgan fingerprint density at radius 2 is 1.83 bits per heavy atom. The van der Waals surface area contributed by atoms with Crippen LogP contribution in [0, 0.1) is 11.8 Å². The predicted octanol–water partition coefficient (Wildman–Crippen LogP) is 2.85. The van der Waals surface area contributed by atoms with Gasteiger partial charge >= 0.3 is 6.09 Å². The minimum atomic E-state index is -0.452. The van der Waals surface area contributed by atoms with Gasteiger partial charge in [-0.1, -0.05) is 60.4 Å². The SMILES string of the molecule is O=C(NCCC#Cc1ccccc1CO)OCc1ccccc1.